The van der Waals surface area contributed by atoms with Gasteiger partial charge in [-0.15, -0.1) is 0 Å². The van der Waals surface area contributed by atoms with Gasteiger partial charge < -0.3 is 4.74 Å². The van der Waals surface area contributed by atoms with Crippen LogP contribution in [-0.2, 0) is 6.61 Å². The lowest BCUT2D eigenvalue weighted by Gasteiger charge is -2.10. The summed E-state index contributed by atoms with van der Waals surface area (Å²) in [7, 11) is 0. The highest BCUT2D eigenvalue weighted by Crippen LogP contribution is 2.38. The standard InChI is InChI=1S/C13H9BrCl2O/c14-10-6-7-11(15)12(16)13(10)17-8-9-4-2-1-3-5-9/h1-7H,8H2. The van der Waals surface area contributed by atoms with E-state index in [4.69, 9.17) is 27.9 Å². The van der Waals surface area contributed by atoms with E-state index >= 15 is 0 Å². The van der Waals surface area contributed by atoms with Crippen molar-refractivity contribution in [1.29, 1.82) is 0 Å². The van der Waals surface area contributed by atoms with Gasteiger partial charge in [-0.3, -0.25) is 0 Å². The SMILES string of the molecule is Clc1ccc(Br)c(OCc2ccccc2)c1Cl. The number of benzene rings is 2. The smallest absolute Gasteiger partial charge is 0.154 e. The van der Waals surface area contributed by atoms with E-state index in [1.807, 2.05) is 36.4 Å². The van der Waals surface area contributed by atoms with E-state index in [1.54, 1.807) is 6.07 Å². The summed E-state index contributed by atoms with van der Waals surface area (Å²) < 4.78 is 6.47. The fraction of sp³-hybridized carbons (Fsp3) is 0.0769. The van der Waals surface area contributed by atoms with Crippen LogP contribution in [-0.4, -0.2) is 0 Å². The van der Waals surface area contributed by atoms with Gasteiger partial charge in [-0.05, 0) is 33.6 Å². The van der Waals surface area contributed by atoms with Crippen LogP contribution in [0.5, 0.6) is 5.75 Å². The molecule has 17 heavy (non-hydrogen) atoms. The molecule has 0 aliphatic carbocycles. The third-order valence-corrected chi connectivity index (χ3v) is 3.64. The van der Waals surface area contributed by atoms with E-state index < -0.39 is 0 Å². The molecule has 0 aliphatic heterocycles. The lowest BCUT2D eigenvalue weighted by molar-refractivity contribution is 0.304. The summed E-state index contributed by atoms with van der Waals surface area (Å²) in [6.45, 7) is 0.458. The zero-order valence-corrected chi connectivity index (χ0v) is 11.9. The Hall–Kier alpha value is -0.700. The molecule has 0 amide bonds. The Morgan fingerprint density at radius 3 is 2.41 bits per heavy atom. The first-order chi connectivity index (χ1) is 8.18. The van der Waals surface area contributed by atoms with Crippen molar-refractivity contribution in [3.05, 3.63) is 62.5 Å². The minimum Gasteiger partial charge on any atom is -0.486 e. The first-order valence-corrected chi connectivity index (χ1v) is 6.53. The van der Waals surface area contributed by atoms with Crippen molar-refractivity contribution in [3.8, 4) is 5.75 Å². The Morgan fingerprint density at radius 2 is 1.71 bits per heavy atom. The molecule has 0 unspecified atom stereocenters. The maximum Gasteiger partial charge on any atom is 0.154 e. The highest BCUT2D eigenvalue weighted by molar-refractivity contribution is 9.10. The van der Waals surface area contributed by atoms with Gasteiger partial charge in [0.2, 0.25) is 0 Å². The zero-order valence-electron chi connectivity index (χ0n) is 8.79. The second-order valence-electron chi connectivity index (χ2n) is 3.45. The maximum absolute atomic E-state index is 6.08. The summed E-state index contributed by atoms with van der Waals surface area (Å²) >= 11 is 15.4. The quantitative estimate of drug-likeness (QED) is 0.690. The number of hydrogen-bond donors (Lipinski definition) is 0. The number of hydrogen-bond acceptors (Lipinski definition) is 1. The van der Waals surface area contributed by atoms with Crippen molar-refractivity contribution in [1.82, 2.24) is 0 Å². The Morgan fingerprint density at radius 1 is 1.00 bits per heavy atom. The molecule has 0 saturated carbocycles. The molecule has 0 aromatic heterocycles. The molecule has 2 rings (SSSR count). The summed E-state index contributed by atoms with van der Waals surface area (Å²) in [6.07, 6.45) is 0. The van der Waals surface area contributed by atoms with Crippen LogP contribution in [0.25, 0.3) is 0 Å². The molecule has 2 aromatic rings. The molecule has 0 spiro atoms. The molecule has 0 bridgehead atoms. The van der Waals surface area contributed by atoms with E-state index in [1.165, 1.54) is 0 Å². The molecule has 0 saturated heterocycles. The second kappa shape index (κ2) is 5.76. The van der Waals surface area contributed by atoms with Crippen molar-refractivity contribution in [3.63, 3.8) is 0 Å². The number of halogens is 3. The molecule has 0 aliphatic rings. The van der Waals surface area contributed by atoms with E-state index in [9.17, 15) is 0 Å². The molecule has 0 heterocycles. The number of rotatable bonds is 3. The lowest BCUT2D eigenvalue weighted by atomic mass is 10.2. The fourth-order valence-electron chi connectivity index (χ4n) is 1.37. The summed E-state index contributed by atoms with van der Waals surface area (Å²) in [4.78, 5) is 0. The first-order valence-electron chi connectivity index (χ1n) is 4.98. The van der Waals surface area contributed by atoms with Gasteiger partial charge in [-0.25, -0.2) is 0 Å². The van der Waals surface area contributed by atoms with Crippen molar-refractivity contribution >= 4 is 39.1 Å². The highest BCUT2D eigenvalue weighted by atomic mass is 79.9. The van der Waals surface area contributed by atoms with E-state index in [0.717, 1.165) is 10.0 Å². The van der Waals surface area contributed by atoms with E-state index in [0.29, 0.717) is 22.4 Å². The molecule has 88 valence electrons. The van der Waals surface area contributed by atoms with Gasteiger partial charge >= 0.3 is 0 Å². The molecule has 4 heteroatoms. The van der Waals surface area contributed by atoms with Gasteiger partial charge in [0.15, 0.2) is 5.75 Å². The third-order valence-electron chi connectivity index (χ3n) is 2.23. The van der Waals surface area contributed by atoms with Gasteiger partial charge in [0.1, 0.15) is 11.6 Å². The largest absolute Gasteiger partial charge is 0.486 e. The van der Waals surface area contributed by atoms with Crippen LogP contribution in [0, 0.1) is 0 Å². The summed E-state index contributed by atoms with van der Waals surface area (Å²) in [5, 5.41) is 0.912. The van der Waals surface area contributed by atoms with Crippen LogP contribution in [0.15, 0.2) is 46.9 Å². The Balaban J connectivity index is 2.17. The molecule has 0 radical (unpaired) electrons. The average Bonchev–Trinajstić information content (AvgIpc) is 2.35. The normalized spacial score (nSPS) is 10.3. The van der Waals surface area contributed by atoms with Gasteiger partial charge in [0, 0.05) is 0 Å². The van der Waals surface area contributed by atoms with Gasteiger partial charge in [0.25, 0.3) is 0 Å². The van der Waals surface area contributed by atoms with Gasteiger partial charge in [-0.2, -0.15) is 0 Å². The fourth-order valence-corrected chi connectivity index (χ4v) is 2.30. The lowest BCUT2D eigenvalue weighted by Crippen LogP contribution is -1.96. The molecule has 0 N–H and O–H groups in total. The van der Waals surface area contributed by atoms with Crippen LogP contribution in [0.4, 0.5) is 0 Å². The average molecular weight is 332 g/mol. The first kappa shape index (κ1) is 12.7. The van der Waals surface area contributed by atoms with Crippen LogP contribution in [0.3, 0.4) is 0 Å². The molecular formula is C13H9BrCl2O. The Labute approximate surface area is 118 Å². The maximum atomic E-state index is 6.08. The Kier molecular flexibility index (Phi) is 4.32. The monoisotopic (exact) mass is 330 g/mol. The van der Waals surface area contributed by atoms with Crippen LogP contribution in [0.2, 0.25) is 10.0 Å². The minimum atomic E-state index is 0.428. The molecule has 0 atom stereocenters. The van der Waals surface area contributed by atoms with Crippen molar-refractivity contribution in [2.45, 2.75) is 6.61 Å². The molecule has 0 fully saturated rings. The van der Waals surface area contributed by atoms with Gasteiger partial charge in [-0.1, -0.05) is 53.5 Å². The summed E-state index contributed by atoms with van der Waals surface area (Å²) in [5.41, 5.74) is 1.08. The third kappa shape index (κ3) is 3.15. The van der Waals surface area contributed by atoms with Crippen LogP contribution >= 0.6 is 39.1 Å². The van der Waals surface area contributed by atoms with Gasteiger partial charge in [0.05, 0.1) is 9.50 Å². The summed E-state index contributed by atoms with van der Waals surface area (Å²) in [5.74, 6) is 0.572. The zero-order chi connectivity index (χ0) is 12.3. The molecular weight excluding hydrogens is 323 g/mol. The van der Waals surface area contributed by atoms with Crippen molar-refractivity contribution in [2.75, 3.05) is 0 Å². The minimum absolute atomic E-state index is 0.428. The predicted molar refractivity (Wildman–Crippen MR) is 74.9 cm³/mol. The number of ether oxygens (including phenoxy) is 1. The van der Waals surface area contributed by atoms with E-state index in [2.05, 4.69) is 15.9 Å². The summed E-state index contributed by atoms with van der Waals surface area (Å²) in [6, 6.07) is 13.4. The molecule has 1 nitrogen and oxygen atoms in total. The predicted octanol–water partition coefficient (Wildman–Crippen LogP) is 5.33. The van der Waals surface area contributed by atoms with Crippen molar-refractivity contribution in [2.24, 2.45) is 0 Å². The van der Waals surface area contributed by atoms with E-state index in [-0.39, 0.29) is 0 Å². The topological polar surface area (TPSA) is 9.23 Å². The second-order valence-corrected chi connectivity index (χ2v) is 5.09. The van der Waals surface area contributed by atoms with Crippen LogP contribution < -0.4 is 4.74 Å². The van der Waals surface area contributed by atoms with Crippen LogP contribution in [0.1, 0.15) is 5.56 Å². The molecule has 2 aromatic carbocycles. The van der Waals surface area contributed by atoms with Crippen molar-refractivity contribution < 1.29 is 4.74 Å². The Bertz CT molecular complexity index is 514. The highest BCUT2D eigenvalue weighted by Gasteiger charge is 2.10.